The molecule has 11 aromatic rings. The van der Waals surface area contributed by atoms with Gasteiger partial charge >= 0.3 is 0 Å². The van der Waals surface area contributed by atoms with Crippen molar-refractivity contribution in [2.24, 2.45) is 4.99 Å². The highest BCUT2D eigenvalue weighted by molar-refractivity contribution is 7.26. The van der Waals surface area contributed by atoms with Crippen molar-refractivity contribution in [2.45, 2.75) is 12.3 Å². The summed E-state index contributed by atoms with van der Waals surface area (Å²) in [7, 11) is 0. The van der Waals surface area contributed by atoms with Gasteiger partial charge in [0, 0.05) is 59.7 Å². The van der Waals surface area contributed by atoms with E-state index in [1.54, 1.807) is 0 Å². The van der Waals surface area contributed by atoms with Crippen LogP contribution in [0.1, 0.15) is 29.0 Å². The number of nitrogens with one attached hydrogen (secondary N) is 1. The predicted molar refractivity (Wildman–Crippen MR) is 238 cm³/mol. The third kappa shape index (κ3) is 5.22. The normalized spacial score (nSPS) is 15.9. The van der Waals surface area contributed by atoms with Gasteiger partial charge in [0.05, 0.1) is 11.0 Å². The fraction of sp³-hybridized carbons (Fsp3) is 0.0392. The van der Waals surface area contributed by atoms with Crippen molar-refractivity contribution in [3.63, 3.8) is 0 Å². The van der Waals surface area contributed by atoms with Crippen LogP contribution < -0.4 is 5.32 Å². The fourth-order valence-electron chi connectivity index (χ4n) is 8.74. The summed E-state index contributed by atoms with van der Waals surface area (Å²) in [6, 6.07) is 64.6. The first kappa shape index (κ1) is 32.3. The maximum Gasteiger partial charge on any atom is 0.136 e. The number of rotatable bonds is 5. The lowest BCUT2D eigenvalue weighted by molar-refractivity contribution is 0.488. The molecule has 0 bridgehead atoms. The number of furan rings is 1. The minimum absolute atomic E-state index is 0.206. The van der Waals surface area contributed by atoms with E-state index >= 15 is 0 Å². The number of aromatic nitrogens is 1. The molecule has 0 spiro atoms. The smallest absolute Gasteiger partial charge is 0.136 e. The van der Waals surface area contributed by atoms with Gasteiger partial charge in [-0.2, -0.15) is 0 Å². The van der Waals surface area contributed by atoms with Crippen LogP contribution in [0.3, 0.4) is 0 Å². The van der Waals surface area contributed by atoms with E-state index < -0.39 is 0 Å². The summed E-state index contributed by atoms with van der Waals surface area (Å²) in [5.41, 5.74) is 10.8. The number of benzene rings is 8. The molecule has 1 aliphatic heterocycles. The molecule has 2 atom stereocenters. The molecule has 2 unspecified atom stereocenters. The Labute approximate surface area is 332 Å². The summed E-state index contributed by atoms with van der Waals surface area (Å²) in [5.74, 6) is 0.757. The zero-order valence-corrected chi connectivity index (χ0v) is 31.4. The first-order chi connectivity index (χ1) is 28.2. The maximum absolute atomic E-state index is 6.57. The van der Waals surface area contributed by atoms with Gasteiger partial charge in [-0.05, 0) is 82.4 Å². The average Bonchev–Trinajstić information content (AvgIpc) is 3.95. The summed E-state index contributed by atoms with van der Waals surface area (Å²) < 4.78 is 11.4. The Morgan fingerprint density at radius 2 is 1.23 bits per heavy atom. The largest absolute Gasteiger partial charge is 0.456 e. The number of aliphatic imine (C=N–C) groups is 1. The van der Waals surface area contributed by atoms with Crippen molar-refractivity contribution in [3.05, 3.63) is 204 Å². The lowest BCUT2D eigenvalue weighted by Gasteiger charge is -2.40. The van der Waals surface area contributed by atoms with Crippen molar-refractivity contribution in [2.75, 3.05) is 0 Å². The molecule has 0 amide bonds. The van der Waals surface area contributed by atoms with Crippen molar-refractivity contribution < 1.29 is 4.42 Å². The summed E-state index contributed by atoms with van der Waals surface area (Å²) in [6.07, 6.45) is -0.413. The van der Waals surface area contributed by atoms with E-state index in [9.17, 15) is 0 Å². The molecular weight excluding hydrogens is 717 g/mol. The van der Waals surface area contributed by atoms with Gasteiger partial charge in [-0.15, -0.1) is 11.3 Å². The molecule has 0 radical (unpaired) electrons. The Morgan fingerprint density at radius 1 is 0.526 bits per heavy atom. The fourth-order valence-corrected chi connectivity index (χ4v) is 9.91. The van der Waals surface area contributed by atoms with Crippen LogP contribution in [0.5, 0.6) is 0 Å². The van der Waals surface area contributed by atoms with Crippen molar-refractivity contribution in [1.29, 1.82) is 0 Å². The van der Waals surface area contributed by atoms with Crippen LogP contribution in [0.15, 0.2) is 191 Å². The van der Waals surface area contributed by atoms with Crippen LogP contribution in [0, 0.1) is 0 Å². The molecule has 5 nitrogen and oxygen atoms in total. The average molecular weight is 750 g/mol. The monoisotopic (exact) mass is 749 g/mol. The molecule has 0 fully saturated rings. The second-order valence-electron chi connectivity index (χ2n) is 14.7. The third-order valence-corrected chi connectivity index (χ3v) is 12.5. The van der Waals surface area contributed by atoms with Gasteiger partial charge in [0.1, 0.15) is 11.2 Å². The van der Waals surface area contributed by atoms with E-state index in [-0.39, 0.29) is 12.3 Å². The van der Waals surface area contributed by atoms with E-state index in [0.29, 0.717) is 0 Å². The molecule has 0 aliphatic carbocycles. The van der Waals surface area contributed by atoms with Crippen molar-refractivity contribution >= 4 is 81.1 Å². The highest BCUT2D eigenvalue weighted by Gasteiger charge is 2.20. The van der Waals surface area contributed by atoms with E-state index in [1.165, 1.54) is 47.5 Å². The molecule has 3 aromatic heterocycles. The molecule has 6 heteroatoms. The van der Waals surface area contributed by atoms with Crippen LogP contribution >= 0.6 is 11.3 Å². The second-order valence-corrected chi connectivity index (χ2v) is 15.8. The Bertz CT molecular complexity index is 3320. The first-order valence-electron chi connectivity index (χ1n) is 19.3. The minimum Gasteiger partial charge on any atom is -0.456 e. The van der Waals surface area contributed by atoms with Gasteiger partial charge in [0.25, 0.3) is 0 Å². The zero-order valence-electron chi connectivity index (χ0n) is 30.6. The van der Waals surface area contributed by atoms with Gasteiger partial charge in [-0.25, -0.2) is 0 Å². The molecule has 1 N–H and O–H groups in total. The zero-order chi connectivity index (χ0) is 37.5. The molecule has 8 aromatic carbocycles. The van der Waals surface area contributed by atoms with Crippen LogP contribution in [0.4, 0.5) is 0 Å². The molecule has 4 heterocycles. The lowest BCUT2D eigenvalue weighted by atomic mass is 9.98. The molecule has 1 aliphatic rings. The Balaban J connectivity index is 0.937. The van der Waals surface area contributed by atoms with Crippen LogP contribution in [-0.4, -0.2) is 10.4 Å². The first-order valence-corrected chi connectivity index (χ1v) is 20.1. The molecule has 270 valence electrons. The lowest BCUT2D eigenvalue weighted by Crippen LogP contribution is -2.31. The predicted octanol–water partition coefficient (Wildman–Crippen LogP) is 13.8. The van der Waals surface area contributed by atoms with Gasteiger partial charge in [-0.1, -0.05) is 133 Å². The highest BCUT2D eigenvalue weighted by Crippen LogP contribution is 2.43. The van der Waals surface area contributed by atoms with Gasteiger partial charge in [0.2, 0.25) is 0 Å². The van der Waals surface area contributed by atoms with E-state index in [1.807, 2.05) is 23.5 Å². The summed E-state index contributed by atoms with van der Waals surface area (Å²) in [5, 5.41) is 16.0. The summed E-state index contributed by atoms with van der Waals surface area (Å²) in [4.78, 5) is 5.15. The van der Waals surface area contributed by atoms with Gasteiger partial charge in [0.15, 0.2) is 0 Å². The number of fused-ring (bicyclic) bond motifs is 9. The third-order valence-electron chi connectivity index (χ3n) is 11.4. The van der Waals surface area contributed by atoms with Gasteiger partial charge < -0.3 is 24.6 Å². The minimum atomic E-state index is -0.206. The Hall–Kier alpha value is -6.99. The Kier molecular flexibility index (Phi) is 7.24. The van der Waals surface area contributed by atoms with Crippen molar-refractivity contribution in [1.82, 2.24) is 9.88 Å². The van der Waals surface area contributed by atoms with Crippen molar-refractivity contribution in [3.8, 4) is 16.8 Å². The quantitative estimate of drug-likeness (QED) is 0.190. The number of para-hydroxylation sites is 2. The second kappa shape index (κ2) is 12.8. The molecule has 0 saturated heterocycles. The summed E-state index contributed by atoms with van der Waals surface area (Å²) in [6.45, 7) is 0. The topological polar surface area (TPSA) is 56.6 Å². The van der Waals surface area contributed by atoms with Crippen LogP contribution in [0.25, 0.3) is 86.0 Å². The molecule has 0 saturated carbocycles. The van der Waals surface area contributed by atoms with E-state index in [2.05, 4.69) is 180 Å². The SMILES string of the molecule is c1ccc(C2N=C(c3ccc4c(c3)sc3cccc(-c5ccc6c(c5)oc5ccc(-n7c8ccccc8c8ccccc87)cc56)c34)[N-]C(c3ccccc3)N2)cc1. The highest BCUT2D eigenvalue weighted by atomic mass is 32.1. The standard InChI is InChI=1S/C51H33N4OS/c1-3-12-31(13-4-1)49-52-50(32-14-5-2-6-15-32)54-51(53-49)34-23-26-40-47(29-34)57-46-21-11-18-36(48(40)46)33-22-25-39-41-30-35(24-27-44(41)56-45(39)28-33)55-42-19-9-7-16-37(42)38-17-8-10-20-43(38)55/h1-30,49-50,52H/q-1. The summed E-state index contributed by atoms with van der Waals surface area (Å²) >= 11 is 1.81. The molecule has 12 rings (SSSR count). The molecule has 57 heavy (non-hydrogen) atoms. The number of nitrogens with zero attached hydrogens (tertiary/aromatic N) is 3. The number of thiophene rings is 1. The number of hydrogen-bond acceptors (Lipinski definition) is 4. The van der Waals surface area contributed by atoms with E-state index in [4.69, 9.17) is 14.7 Å². The van der Waals surface area contributed by atoms with Crippen LogP contribution in [0.2, 0.25) is 0 Å². The van der Waals surface area contributed by atoms with Gasteiger partial charge in [-0.3, -0.25) is 0 Å². The van der Waals surface area contributed by atoms with Crippen LogP contribution in [-0.2, 0) is 0 Å². The Morgan fingerprint density at radius 3 is 2.02 bits per heavy atom. The molecular formula is C51H33N4OS-. The van der Waals surface area contributed by atoms with E-state index in [0.717, 1.165) is 55.7 Å². The maximum atomic E-state index is 6.57. The number of amidine groups is 1. The number of hydrogen-bond donors (Lipinski definition) is 1.